The number of amides is 1. The van der Waals surface area contributed by atoms with Gasteiger partial charge in [0.2, 0.25) is 10.0 Å². The topological polar surface area (TPSA) is 75.3 Å². The van der Waals surface area contributed by atoms with Gasteiger partial charge in [0, 0.05) is 16.2 Å². The normalized spacial score (nSPS) is 13.2. The molecule has 0 aliphatic carbocycles. The fourth-order valence-corrected chi connectivity index (χ4v) is 4.47. The molecule has 0 aliphatic heterocycles. The molecule has 0 unspecified atom stereocenters. The molecule has 2 N–H and O–H groups in total. The summed E-state index contributed by atoms with van der Waals surface area (Å²) >= 11 is 8.40. The van der Waals surface area contributed by atoms with Gasteiger partial charge in [0.25, 0.3) is 5.91 Å². The molecular formula is C17H12BrClF6N2O3S. The molecule has 2 aromatic carbocycles. The third kappa shape index (κ3) is 5.51. The summed E-state index contributed by atoms with van der Waals surface area (Å²) < 4.78 is 106. The predicted molar refractivity (Wildman–Crippen MR) is 104 cm³/mol. The van der Waals surface area contributed by atoms with E-state index < -0.39 is 61.1 Å². The zero-order valence-corrected chi connectivity index (χ0v) is 18.6. The Morgan fingerprint density at radius 2 is 1.71 bits per heavy atom. The monoisotopic (exact) mass is 552 g/mol. The maximum absolute atomic E-state index is 15.0. The molecule has 14 heteroatoms. The molecule has 1 atom stereocenters. The number of carbonyl (C=O) groups is 1. The highest BCUT2D eigenvalue weighted by Gasteiger charge is 2.40. The number of hydrogen-bond donors (Lipinski definition) is 2. The maximum Gasteiger partial charge on any atom is 0.404 e. The van der Waals surface area contributed by atoms with Crippen LogP contribution >= 0.6 is 27.5 Å². The van der Waals surface area contributed by atoms with Gasteiger partial charge in [-0.2, -0.15) is 17.9 Å². The van der Waals surface area contributed by atoms with E-state index in [-0.39, 0.29) is 15.7 Å². The van der Waals surface area contributed by atoms with Crippen LogP contribution in [0.15, 0.2) is 27.6 Å². The third-order valence-electron chi connectivity index (χ3n) is 4.01. The highest BCUT2D eigenvalue weighted by atomic mass is 79.9. The van der Waals surface area contributed by atoms with Crippen molar-refractivity contribution in [3.05, 3.63) is 56.3 Å². The summed E-state index contributed by atoms with van der Waals surface area (Å²) in [7, 11) is -5.05. The average Bonchev–Trinajstić information content (AvgIpc) is 2.61. The average molecular weight is 554 g/mol. The standard InChI is InChI=1S/C17H12BrClF6N2O3S/c1-6-9(18)5-12(31(29,30)27-7(2)17(23,24)25)15(22)13(6)16(28)26-8-3-10(19)14(21)11(20)4-8/h3-5,7,27H,1-2H3,(H,26,28)/t7-/m1/s1. The second-order valence-electron chi connectivity index (χ2n) is 6.26. The molecule has 1 amide bonds. The number of sulfonamides is 1. The minimum Gasteiger partial charge on any atom is -0.322 e. The van der Waals surface area contributed by atoms with Gasteiger partial charge in [-0.1, -0.05) is 27.5 Å². The molecular weight excluding hydrogens is 542 g/mol. The number of alkyl halides is 3. The Morgan fingerprint density at radius 3 is 2.23 bits per heavy atom. The summed E-state index contributed by atoms with van der Waals surface area (Å²) in [6.07, 6.45) is -4.95. The van der Waals surface area contributed by atoms with Gasteiger partial charge in [0.1, 0.15) is 10.9 Å². The van der Waals surface area contributed by atoms with Crippen molar-refractivity contribution in [2.45, 2.75) is 31.0 Å². The molecule has 2 aromatic rings. The van der Waals surface area contributed by atoms with Gasteiger partial charge >= 0.3 is 6.18 Å². The zero-order chi connectivity index (χ0) is 23.9. The minimum atomic E-state index is -5.05. The smallest absolute Gasteiger partial charge is 0.322 e. The Bertz CT molecular complexity index is 1130. The van der Waals surface area contributed by atoms with Crippen molar-refractivity contribution in [2.24, 2.45) is 0 Å². The molecule has 2 rings (SSSR count). The van der Waals surface area contributed by atoms with Gasteiger partial charge in [-0.25, -0.2) is 21.6 Å². The number of anilines is 1. The molecule has 0 aliphatic rings. The Morgan fingerprint density at radius 1 is 1.13 bits per heavy atom. The van der Waals surface area contributed by atoms with E-state index in [1.165, 1.54) is 11.6 Å². The van der Waals surface area contributed by atoms with Crippen molar-refractivity contribution in [1.29, 1.82) is 0 Å². The van der Waals surface area contributed by atoms with Crippen LogP contribution in [0.3, 0.4) is 0 Å². The van der Waals surface area contributed by atoms with Gasteiger partial charge < -0.3 is 5.32 Å². The van der Waals surface area contributed by atoms with Crippen LogP contribution in [0.2, 0.25) is 5.02 Å². The third-order valence-corrected chi connectivity index (χ3v) is 6.65. The van der Waals surface area contributed by atoms with Gasteiger partial charge in [0.05, 0.1) is 10.6 Å². The van der Waals surface area contributed by atoms with Crippen molar-refractivity contribution in [3.63, 3.8) is 0 Å². The van der Waals surface area contributed by atoms with Crippen LogP contribution in [0.1, 0.15) is 22.8 Å². The van der Waals surface area contributed by atoms with E-state index in [1.807, 2.05) is 5.32 Å². The highest BCUT2D eigenvalue weighted by Crippen LogP contribution is 2.31. The fraction of sp³-hybridized carbons (Fsp3) is 0.235. The Labute approximate surface area is 185 Å². The van der Waals surface area contributed by atoms with Gasteiger partial charge in [-0.15, -0.1) is 0 Å². The molecule has 0 saturated heterocycles. The van der Waals surface area contributed by atoms with Crippen LogP contribution < -0.4 is 10.0 Å². The van der Waals surface area contributed by atoms with Crippen LogP contribution in [0.4, 0.5) is 32.0 Å². The lowest BCUT2D eigenvalue weighted by Gasteiger charge is -2.19. The Balaban J connectivity index is 2.52. The summed E-state index contributed by atoms with van der Waals surface area (Å²) in [6.45, 7) is 1.74. The SMILES string of the molecule is Cc1c(Br)cc(S(=O)(=O)N[C@H](C)C(F)(F)F)c(F)c1C(=O)Nc1cc(F)c(F)c(Cl)c1. The molecule has 170 valence electrons. The number of carbonyl (C=O) groups excluding carboxylic acids is 1. The van der Waals surface area contributed by atoms with Crippen molar-refractivity contribution >= 4 is 49.1 Å². The van der Waals surface area contributed by atoms with Crippen LogP contribution in [-0.4, -0.2) is 26.5 Å². The quantitative estimate of drug-likeness (QED) is 0.389. The van der Waals surface area contributed by atoms with Crippen LogP contribution in [0.5, 0.6) is 0 Å². The van der Waals surface area contributed by atoms with E-state index in [0.717, 1.165) is 6.07 Å². The van der Waals surface area contributed by atoms with E-state index in [2.05, 4.69) is 15.9 Å². The first kappa shape index (κ1) is 25.4. The Kier molecular flexibility index (Phi) is 7.35. The lowest BCUT2D eigenvalue weighted by atomic mass is 10.1. The summed E-state index contributed by atoms with van der Waals surface area (Å²) in [4.78, 5) is 11.3. The van der Waals surface area contributed by atoms with Crippen molar-refractivity contribution in [3.8, 4) is 0 Å². The molecule has 0 radical (unpaired) electrons. The second-order valence-corrected chi connectivity index (χ2v) is 9.21. The van der Waals surface area contributed by atoms with E-state index in [0.29, 0.717) is 19.1 Å². The number of nitrogens with one attached hydrogen (secondary N) is 2. The first-order valence-electron chi connectivity index (χ1n) is 8.09. The molecule has 0 bridgehead atoms. The van der Waals surface area contributed by atoms with Gasteiger partial charge in [-0.05, 0) is 31.5 Å². The van der Waals surface area contributed by atoms with E-state index in [4.69, 9.17) is 11.6 Å². The van der Waals surface area contributed by atoms with Crippen LogP contribution in [0.25, 0.3) is 0 Å². The summed E-state index contributed by atoms with van der Waals surface area (Å²) in [6, 6.07) is -0.470. The summed E-state index contributed by atoms with van der Waals surface area (Å²) in [5.74, 6) is -5.72. The molecule has 5 nitrogen and oxygen atoms in total. The molecule has 0 heterocycles. The minimum absolute atomic E-state index is 0.105. The van der Waals surface area contributed by atoms with Gasteiger partial charge in [-0.3, -0.25) is 4.79 Å². The Hall–Kier alpha value is -1.83. The first-order chi connectivity index (χ1) is 14.1. The van der Waals surface area contributed by atoms with E-state index in [9.17, 15) is 39.6 Å². The molecule has 0 aromatic heterocycles. The fourth-order valence-electron chi connectivity index (χ4n) is 2.34. The van der Waals surface area contributed by atoms with E-state index in [1.54, 1.807) is 0 Å². The number of rotatable bonds is 5. The second kappa shape index (κ2) is 8.96. The highest BCUT2D eigenvalue weighted by molar-refractivity contribution is 9.10. The van der Waals surface area contributed by atoms with Crippen LogP contribution in [0, 0.1) is 24.4 Å². The summed E-state index contributed by atoms with van der Waals surface area (Å²) in [5.41, 5.74) is -1.33. The number of hydrogen-bond acceptors (Lipinski definition) is 3. The predicted octanol–water partition coefficient (Wildman–Crippen LogP) is 5.31. The number of benzene rings is 2. The lowest BCUT2D eigenvalue weighted by Crippen LogP contribution is -2.43. The van der Waals surface area contributed by atoms with Crippen molar-refractivity contribution in [1.82, 2.24) is 4.72 Å². The molecule has 0 spiro atoms. The zero-order valence-electron chi connectivity index (χ0n) is 15.5. The summed E-state index contributed by atoms with van der Waals surface area (Å²) in [5, 5.41) is 1.35. The molecule has 0 fully saturated rings. The lowest BCUT2D eigenvalue weighted by molar-refractivity contribution is -0.147. The largest absolute Gasteiger partial charge is 0.404 e. The van der Waals surface area contributed by atoms with Crippen LogP contribution in [-0.2, 0) is 10.0 Å². The van der Waals surface area contributed by atoms with Crippen molar-refractivity contribution < 1.29 is 39.6 Å². The molecule has 31 heavy (non-hydrogen) atoms. The maximum atomic E-state index is 15.0. The van der Waals surface area contributed by atoms with E-state index >= 15 is 0 Å². The molecule has 0 saturated carbocycles. The van der Waals surface area contributed by atoms with Gasteiger partial charge in [0.15, 0.2) is 17.5 Å². The number of halogens is 8. The van der Waals surface area contributed by atoms with Crippen molar-refractivity contribution in [2.75, 3.05) is 5.32 Å². The first-order valence-corrected chi connectivity index (χ1v) is 10.7.